The summed E-state index contributed by atoms with van der Waals surface area (Å²) in [5, 5.41) is 3.91. The van der Waals surface area contributed by atoms with Crippen molar-refractivity contribution in [1.29, 1.82) is 0 Å². The Balaban J connectivity index is 1.42. The predicted molar refractivity (Wildman–Crippen MR) is 124 cm³/mol. The maximum Gasteiger partial charge on any atom is 0.253 e. The zero-order valence-corrected chi connectivity index (χ0v) is 18.4. The molecule has 0 bridgehead atoms. The number of fused-ring (bicyclic) bond motifs is 1. The Morgan fingerprint density at radius 1 is 1.00 bits per heavy atom. The summed E-state index contributed by atoms with van der Waals surface area (Å²) in [6.45, 7) is 6.71. The first-order valence-electron chi connectivity index (χ1n) is 10.5. The first-order chi connectivity index (χ1) is 15.5. The molecule has 0 spiro atoms. The molecule has 0 saturated heterocycles. The van der Waals surface area contributed by atoms with E-state index < -0.39 is 0 Å². The van der Waals surface area contributed by atoms with E-state index in [9.17, 15) is 4.79 Å². The number of nitrogens with one attached hydrogen (secondary N) is 1. The first kappa shape index (κ1) is 21.3. The molecule has 4 rings (SSSR count). The van der Waals surface area contributed by atoms with E-state index in [0.29, 0.717) is 41.8 Å². The number of amides is 1. The van der Waals surface area contributed by atoms with E-state index in [2.05, 4.69) is 15.3 Å². The molecule has 162 valence electrons. The molecular weight excluding hydrogens is 402 g/mol. The molecule has 2 aromatic carbocycles. The second-order valence-electron chi connectivity index (χ2n) is 7.49. The molecule has 4 aromatic rings. The molecule has 1 amide bonds. The molecule has 0 radical (unpaired) electrons. The Kier molecular flexibility index (Phi) is 6.31. The number of carbonyl (C=O) groups is 1. The van der Waals surface area contributed by atoms with Gasteiger partial charge in [0.25, 0.3) is 5.91 Å². The van der Waals surface area contributed by atoms with Gasteiger partial charge in [0.1, 0.15) is 0 Å². The van der Waals surface area contributed by atoms with Gasteiger partial charge in [0.15, 0.2) is 11.5 Å². The largest absolute Gasteiger partial charge is 0.490 e. The molecule has 0 unspecified atom stereocenters. The van der Waals surface area contributed by atoms with E-state index >= 15 is 0 Å². The van der Waals surface area contributed by atoms with Gasteiger partial charge >= 0.3 is 0 Å². The van der Waals surface area contributed by atoms with Crippen molar-refractivity contribution < 1.29 is 14.3 Å². The zero-order chi connectivity index (χ0) is 22.5. The number of hydrogen-bond acceptors (Lipinski definition) is 5. The van der Waals surface area contributed by atoms with Gasteiger partial charge in [-0.15, -0.1) is 0 Å². The molecule has 0 saturated carbocycles. The minimum absolute atomic E-state index is 0.163. The average Bonchev–Trinajstić information content (AvgIpc) is 2.79. The van der Waals surface area contributed by atoms with Gasteiger partial charge in [0.2, 0.25) is 5.88 Å². The normalized spacial score (nSPS) is 10.7. The quantitative estimate of drug-likeness (QED) is 0.429. The molecule has 2 aromatic heterocycles. The van der Waals surface area contributed by atoms with Crippen LogP contribution in [-0.4, -0.2) is 22.5 Å². The number of nitrogens with zero attached hydrogens (tertiary/aromatic N) is 2. The van der Waals surface area contributed by atoms with Crippen LogP contribution in [0.25, 0.3) is 10.9 Å². The first-order valence-corrected chi connectivity index (χ1v) is 10.5. The smallest absolute Gasteiger partial charge is 0.253 e. The molecular formula is C26H25N3O3. The number of hydrogen-bond donors (Lipinski definition) is 1. The van der Waals surface area contributed by atoms with Crippen molar-refractivity contribution in [2.24, 2.45) is 0 Å². The summed E-state index contributed by atoms with van der Waals surface area (Å²) in [6.07, 6.45) is 1.69. The molecule has 6 nitrogen and oxygen atoms in total. The Hall–Kier alpha value is -3.93. The van der Waals surface area contributed by atoms with Crippen LogP contribution in [0.5, 0.6) is 17.4 Å². The summed E-state index contributed by atoms with van der Waals surface area (Å²) >= 11 is 0. The van der Waals surface area contributed by atoms with Crippen molar-refractivity contribution in [2.75, 3.05) is 6.61 Å². The number of aryl methyl sites for hydroxylation is 2. The minimum atomic E-state index is -0.163. The van der Waals surface area contributed by atoms with Crippen LogP contribution in [-0.2, 0) is 6.54 Å². The third-order valence-electron chi connectivity index (χ3n) is 5.02. The summed E-state index contributed by atoms with van der Waals surface area (Å²) in [6, 6.07) is 19.0. The Morgan fingerprint density at radius 3 is 2.56 bits per heavy atom. The number of carbonyl (C=O) groups excluding carboxylic acids is 1. The lowest BCUT2D eigenvalue weighted by Crippen LogP contribution is -2.24. The minimum Gasteiger partial charge on any atom is -0.490 e. The summed E-state index contributed by atoms with van der Waals surface area (Å²) in [5.74, 6) is 1.57. The maximum atomic E-state index is 12.8. The monoisotopic (exact) mass is 427 g/mol. The average molecular weight is 428 g/mol. The molecule has 0 atom stereocenters. The number of benzene rings is 2. The van der Waals surface area contributed by atoms with E-state index in [-0.39, 0.29) is 5.91 Å². The molecule has 1 N–H and O–H groups in total. The van der Waals surface area contributed by atoms with E-state index in [1.165, 1.54) is 0 Å². The van der Waals surface area contributed by atoms with Gasteiger partial charge in [-0.05, 0) is 56.7 Å². The van der Waals surface area contributed by atoms with Crippen molar-refractivity contribution in [1.82, 2.24) is 15.3 Å². The molecule has 2 heterocycles. The maximum absolute atomic E-state index is 12.8. The molecule has 0 aliphatic heterocycles. The Morgan fingerprint density at radius 2 is 1.81 bits per heavy atom. The van der Waals surface area contributed by atoms with Gasteiger partial charge < -0.3 is 14.8 Å². The summed E-state index contributed by atoms with van der Waals surface area (Å²) in [7, 11) is 0. The van der Waals surface area contributed by atoms with Gasteiger partial charge in [-0.3, -0.25) is 9.78 Å². The third-order valence-corrected chi connectivity index (χ3v) is 5.02. The Bertz CT molecular complexity index is 1250. The fourth-order valence-electron chi connectivity index (χ4n) is 3.40. The highest BCUT2D eigenvalue weighted by atomic mass is 16.5. The number of aromatic nitrogens is 2. The van der Waals surface area contributed by atoms with Gasteiger partial charge in [0.05, 0.1) is 23.4 Å². The number of para-hydroxylation sites is 2. The number of pyridine rings is 2. The lowest BCUT2D eigenvalue weighted by atomic mass is 10.1. The lowest BCUT2D eigenvalue weighted by molar-refractivity contribution is 0.0950. The van der Waals surface area contributed by atoms with Gasteiger partial charge in [-0.25, -0.2) is 4.98 Å². The van der Waals surface area contributed by atoms with Crippen LogP contribution in [0.4, 0.5) is 0 Å². The van der Waals surface area contributed by atoms with E-state index in [4.69, 9.17) is 9.47 Å². The molecule has 0 aliphatic rings. The molecule has 32 heavy (non-hydrogen) atoms. The molecule has 0 aliphatic carbocycles. The predicted octanol–water partition coefficient (Wildman–Crippen LogP) is 5.37. The second kappa shape index (κ2) is 9.47. The molecule has 0 fully saturated rings. The SMILES string of the molecule is CCOc1ccccc1Oc1ccc(CNC(=O)c2cc3cc(C)ccc3nc2C)cn1. The molecule has 6 heteroatoms. The van der Waals surface area contributed by atoms with Crippen LogP contribution in [0.3, 0.4) is 0 Å². The standard InChI is InChI=1S/C26H25N3O3/c1-4-31-23-7-5-6-8-24(23)32-25-12-10-19(15-27-25)16-28-26(30)21-14-20-13-17(2)9-11-22(20)29-18(21)3/h5-15H,4,16H2,1-3H3,(H,28,30). The second-order valence-corrected chi connectivity index (χ2v) is 7.49. The topological polar surface area (TPSA) is 73.3 Å². The van der Waals surface area contributed by atoms with Crippen LogP contribution in [0.15, 0.2) is 66.9 Å². The fraction of sp³-hybridized carbons (Fsp3) is 0.192. The summed E-state index contributed by atoms with van der Waals surface area (Å²) in [4.78, 5) is 21.7. The van der Waals surface area contributed by atoms with Gasteiger partial charge in [-0.2, -0.15) is 0 Å². The fourth-order valence-corrected chi connectivity index (χ4v) is 3.40. The van der Waals surface area contributed by atoms with Crippen LogP contribution < -0.4 is 14.8 Å². The Labute approximate surface area is 187 Å². The summed E-state index contributed by atoms with van der Waals surface area (Å²) < 4.78 is 11.4. The van der Waals surface area contributed by atoms with E-state index in [0.717, 1.165) is 22.0 Å². The number of ether oxygens (including phenoxy) is 2. The van der Waals surface area contributed by atoms with E-state index in [1.807, 2.05) is 75.4 Å². The lowest BCUT2D eigenvalue weighted by Gasteiger charge is -2.11. The zero-order valence-electron chi connectivity index (χ0n) is 18.4. The van der Waals surface area contributed by atoms with Gasteiger partial charge in [0, 0.05) is 24.2 Å². The van der Waals surface area contributed by atoms with Crippen LogP contribution in [0.2, 0.25) is 0 Å². The van der Waals surface area contributed by atoms with Gasteiger partial charge in [-0.1, -0.05) is 29.8 Å². The highest BCUT2D eigenvalue weighted by Gasteiger charge is 2.12. The van der Waals surface area contributed by atoms with E-state index in [1.54, 1.807) is 12.3 Å². The highest BCUT2D eigenvalue weighted by molar-refractivity contribution is 5.98. The van der Waals surface area contributed by atoms with Crippen molar-refractivity contribution in [3.8, 4) is 17.4 Å². The third kappa shape index (κ3) is 4.86. The van der Waals surface area contributed by atoms with Crippen LogP contribution >= 0.6 is 0 Å². The summed E-state index contributed by atoms with van der Waals surface area (Å²) in [5.41, 5.74) is 4.16. The van der Waals surface area contributed by atoms with Crippen LogP contribution in [0.1, 0.15) is 34.1 Å². The van der Waals surface area contributed by atoms with Crippen molar-refractivity contribution in [2.45, 2.75) is 27.3 Å². The van der Waals surface area contributed by atoms with Crippen molar-refractivity contribution in [3.63, 3.8) is 0 Å². The van der Waals surface area contributed by atoms with Crippen LogP contribution in [0, 0.1) is 13.8 Å². The van der Waals surface area contributed by atoms with Crippen molar-refractivity contribution >= 4 is 16.8 Å². The van der Waals surface area contributed by atoms with Crippen molar-refractivity contribution in [3.05, 3.63) is 89.2 Å². The number of rotatable bonds is 7. The highest BCUT2D eigenvalue weighted by Crippen LogP contribution is 2.30.